The van der Waals surface area contributed by atoms with E-state index in [0.29, 0.717) is 11.5 Å². The van der Waals surface area contributed by atoms with Crippen LogP contribution in [-0.2, 0) is 4.79 Å². The van der Waals surface area contributed by atoms with Crippen LogP contribution in [0, 0.1) is 0 Å². The molecule has 3 rings (SSSR count). The molecule has 0 bridgehead atoms. The minimum Gasteiger partial charge on any atom is -0.497 e. The van der Waals surface area contributed by atoms with E-state index >= 15 is 0 Å². The molecule has 136 valence electrons. The van der Waals surface area contributed by atoms with Crippen molar-refractivity contribution in [1.82, 2.24) is 0 Å². The Bertz CT molecular complexity index is 778. The Morgan fingerprint density at radius 2 is 1.77 bits per heavy atom. The molecule has 1 aliphatic heterocycles. The Labute approximate surface area is 154 Å². The van der Waals surface area contributed by atoms with E-state index < -0.39 is 0 Å². The van der Waals surface area contributed by atoms with Crippen LogP contribution < -0.4 is 19.7 Å². The molecule has 1 aliphatic rings. The number of benzene rings is 2. The quantitative estimate of drug-likeness (QED) is 0.800. The number of nitrogens with zero attached hydrogens (tertiary/aromatic N) is 1. The summed E-state index contributed by atoms with van der Waals surface area (Å²) in [5, 5.41) is 2.88. The highest BCUT2D eigenvalue weighted by atomic mass is 16.5. The van der Waals surface area contributed by atoms with Crippen LogP contribution in [-0.4, -0.2) is 33.2 Å². The smallest absolute Gasteiger partial charge is 0.248 e. The zero-order chi connectivity index (χ0) is 18.4. The average molecular weight is 352 g/mol. The fraction of sp³-hybridized carbons (Fsp3) is 0.286. The monoisotopic (exact) mass is 352 g/mol. The Balaban J connectivity index is 1.64. The lowest BCUT2D eigenvalue weighted by Gasteiger charge is -2.17. The molecule has 0 atom stereocenters. The van der Waals surface area contributed by atoms with Crippen LogP contribution in [0.4, 0.5) is 11.4 Å². The Morgan fingerprint density at radius 1 is 1.04 bits per heavy atom. The number of amides is 1. The molecule has 0 saturated carbocycles. The minimum absolute atomic E-state index is 0.191. The number of methoxy groups -OCH3 is 2. The number of hydrogen-bond donors (Lipinski definition) is 1. The number of rotatable bonds is 6. The van der Waals surface area contributed by atoms with Gasteiger partial charge in [0, 0.05) is 36.1 Å². The average Bonchev–Trinajstić information content (AvgIpc) is 3.21. The van der Waals surface area contributed by atoms with Crippen molar-refractivity contribution < 1.29 is 14.3 Å². The number of carbonyl (C=O) groups is 1. The highest BCUT2D eigenvalue weighted by Crippen LogP contribution is 2.25. The van der Waals surface area contributed by atoms with Gasteiger partial charge in [0.15, 0.2) is 0 Å². The van der Waals surface area contributed by atoms with Crippen LogP contribution in [0.2, 0.25) is 0 Å². The fourth-order valence-electron chi connectivity index (χ4n) is 3.05. The van der Waals surface area contributed by atoms with Crippen LogP contribution >= 0.6 is 0 Å². The maximum Gasteiger partial charge on any atom is 0.248 e. The highest BCUT2D eigenvalue weighted by molar-refractivity contribution is 6.02. The van der Waals surface area contributed by atoms with Crippen LogP contribution in [0.1, 0.15) is 18.4 Å². The predicted molar refractivity (Wildman–Crippen MR) is 105 cm³/mol. The van der Waals surface area contributed by atoms with E-state index in [9.17, 15) is 4.79 Å². The van der Waals surface area contributed by atoms with Gasteiger partial charge in [-0.05, 0) is 61.4 Å². The standard InChI is InChI=1S/C21H24N2O3/c1-25-19-10-11-20(26-2)16(15-19)5-12-21(24)22-17-6-8-18(9-7-17)23-13-3-4-14-23/h5-12,15H,3-4,13-14H2,1-2H3,(H,22,24)/b12-5+. The van der Waals surface area contributed by atoms with Gasteiger partial charge >= 0.3 is 0 Å². The summed E-state index contributed by atoms with van der Waals surface area (Å²) in [4.78, 5) is 14.6. The van der Waals surface area contributed by atoms with Crippen LogP contribution in [0.3, 0.4) is 0 Å². The lowest BCUT2D eigenvalue weighted by Crippen LogP contribution is -2.17. The second-order valence-corrected chi connectivity index (χ2v) is 6.17. The molecule has 2 aromatic carbocycles. The van der Waals surface area contributed by atoms with E-state index in [0.717, 1.165) is 24.3 Å². The summed E-state index contributed by atoms with van der Waals surface area (Å²) in [6.07, 6.45) is 5.70. The van der Waals surface area contributed by atoms with Gasteiger partial charge < -0.3 is 19.7 Å². The van der Waals surface area contributed by atoms with E-state index in [1.165, 1.54) is 24.6 Å². The number of ether oxygens (including phenoxy) is 2. The lowest BCUT2D eigenvalue weighted by atomic mass is 10.1. The Hall–Kier alpha value is -2.95. The fourth-order valence-corrected chi connectivity index (χ4v) is 3.05. The summed E-state index contributed by atoms with van der Waals surface area (Å²) in [5.74, 6) is 1.21. The van der Waals surface area contributed by atoms with E-state index in [2.05, 4.69) is 22.3 Å². The first-order valence-corrected chi connectivity index (χ1v) is 8.76. The van der Waals surface area contributed by atoms with E-state index in [-0.39, 0.29) is 5.91 Å². The van der Waals surface area contributed by atoms with Crippen molar-refractivity contribution in [2.24, 2.45) is 0 Å². The predicted octanol–water partition coefficient (Wildman–Crippen LogP) is 3.96. The van der Waals surface area contributed by atoms with Gasteiger partial charge in [-0.2, -0.15) is 0 Å². The van der Waals surface area contributed by atoms with Crippen molar-refractivity contribution in [3.05, 3.63) is 54.1 Å². The molecule has 0 aliphatic carbocycles. The molecule has 5 heteroatoms. The summed E-state index contributed by atoms with van der Waals surface area (Å²) in [5.41, 5.74) is 2.77. The summed E-state index contributed by atoms with van der Waals surface area (Å²) >= 11 is 0. The zero-order valence-corrected chi connectivity index (χ0v) is 15.2. The molecule has 1 amide bonds. The number of carbonyl (C=O) groups excluding carboxylic acids is 1. The third-order valence-electron chi connectivity index (χ3n) is 4.46. The maximum atomic E-state index is 12.2. The number of hydrogen-bond acceptors (Lipinski definition) is 4. The highest BCUT2D eigenvalue weighted by Gasteiger charge is 2.12. The van der Waals surface area contributed by atoms with E-state index in [1.54, 1.807) is 20.3 Å². The molecular formula is C21H24N2O3. The van der Waals surface area contributed by atoms with Crippen LogP contribution in [0.15, 0.2) is 48.5 Å². The van der Waals surface area contributed by atoms with Gasteiger partial charge in [-0.25, -0.2) is 0 Å². The molecule has 0 aromatic heterocycles. The van der Waals surface area contributed by atoms with Crippen molar-refractivity contribution in [2.75, 3.05) is 37.5 Å². The maximum absolute atomic E-state index is 12.2. The molecule has 0 radical (unpaired) electrons. The molecule has 2 aromatic rings. The van der Waals surface area contributed by atoms with Gasteiger partial charge in [0.2, 0.25) is 5.91 Å². The molecule has 0 unspecified atom stereocenters. The third-order valence-corrected chi connectivity index (χ3v) is 4.46. The van der Waals surface area contributed by atoms with Gasteiger partial charge in [-0.15, -0.1) is 0 Å². The van der Waals surface area contributed by atoms with E-state index in [4.69, 9.17) is 9.47 Å². The molecule has 1 fully saturated rings. The molecular weight excluding hydrogens is 328 g/mol. The molecule has 26 heavy (non-hydrogen) atoms. The van der Waals surface area contributed by atoms with Gasteiger partial charge in [0.25, 0.3) is 0 Å². The van der Waals surface area contributed by atoms with Crippen molar-refractivity contribution >= 4 is 23.4 Å². The Morgan fingerprint density at radius 3 is 2.42 bits per heavy atom. The first kappa shape index (κ1) is 17.9. The largest absolute Gasteiger partial charge is 0.497 e. The normalized spacial score (nSPS) is 13.8. The summed E-state index contributed by atoms with van der Waals surface area (Å²) in [6.45, 7) is 2.22. The zero-order valence-electron chi connectivity index (χ0n) is 15.2. The first-order chi connectivity index (χ1) is 12.7. The second-order valence-electron chi connectivity index (χ2n) is 6.17. The van der Waals surface area contributed by atoms with Crippen molar-refractivity contribution in [2.45, 2.75) is 12.8 Å². The minimum atomic E-state index is -0.191. The Kier molecular flexibility index (Phi) is 5.79. The third kappa shape index (κ3) is 4.36. The van der Waals surface area contributed by atoms with Gasteiger partial charge in [0.05, 0.1) is 14.2 Å². The summed E-state index contributed by atoms with van der Waals surface area (Å²) in [7, 11) is 3.20. The van der Waals surface area contributed by atoms with Crippen molar-refractivity contribution in [3.8, 4) is 11.5 Å². The molecule has 0 spiro atoms. The number of anilines is 2. The lowest BCUT2D eigenvalue weighted by molar-refractivity contribution is -0.111. The van der Waals surface area contributed by atoms with Gasteiger partial charge in [-0.1, -0.05) is 0 Å². The summed E-state index contributed by atoms with van der Waals surface area (Å²) in [6, 6.07) is 13.4. The van der Waals surface area contributed by atoms with E-state index in [1.807, 2.05) is 30.3 Å². The topological polar surface area (TPSA) is 50.8 Å². The van der Waals surface area contributed by atoms with Crippen LogP contribution in [0.25, 0.3) is 6.08 Å². The van der Waals surface area contributed by atoms with Crippen molar-refractivity contribution in [1.29, 1.82) is 0 Å². The second kappa shape index (κ2) is 8.43. The first-order valence-electron chi connectivity index (χ1n) is 8.76. The van der Waals surface area contributed by atoms with Gasteiger partial charge in [0.1, 0.15) is 11.5 Å². The SMILES string of the molecule is COc1ccc(OC)c(/C=C/C(=O)Nc2ccc(N3CCCC3)cc2)c1. The molecule has 5 nitrogen and oxygen atoms in total. The molecule has 1 heterocycles. The molecule has 1 N–H and O–H groups in total. The molecule has 1 saturated heterocycles. The van der Waals surface area contributed by atoms with Gasteiger partial charge in [-0.3, -0.25) is 4.79 Å². The summed E-state index contributed by atoms with van der Waals surface area (Å²) < 4.78 is 10.5. The van der Waals surface area contributed by atoms with Crippen LogP contribution in [0.5, 0.6) is 11.5 Å². The number of nitrogens with one attached hydrogen (secondary N) is 1. The van der Waals surface area contributed by atoms with Crippen molar-refractivity contribution in [3.63, 3.8) is 0 Å².